The molecule has 3 aromatic heterocycles. The topological polar surface area (TPSA) is 71.0 Å². The predicted octanol–water partition coefficient (Wildman–Crippen LogP) is 3.75. The molecule has 0 saturated carbocycles. The monoisotopic (exact) mass is 418 g/mol. The van der Waals surface area contributed by atoms with Gasteiger partial charge in [-0.05, 0) is 36.6 Å². The Morgan fingerprint density at radius 3 is 3.00 bits per heavy atom. The van der Waals surface area contributed by atoms with Crippen molar-refractivity contribution in [3.8, 4) is 16.9 Å². The second-order valence-corrected chi connectivity index (χ2v) is 8.61. The normalized spacial score (nSPS) is 18.8. The van der Waals surface area contributed by atoms with E-state index < -0.39 is 0 Å². The number of anilines is 1. The van der Waals surface area contributed by atoms with Crippen LogP contribution >= 0.6 is 11.9 Å². The predicted molar refractivity (Wildman–Crippen MR) is 119 cm³/mol. The number of ether oxygens (including phenoxy) is 1. The maximum absolute atomic E-state index is 5.71. The van der Waals surface area contributed by atoms with Crippen molar-refractivity contribution in [2.24, 2.45) is 0 Å². The van der Waals surface area contributed by atoms with Crippen LogP contribution in [0, 0.1) is 0 Å². The van der Waals surface area contributed by atoms with Crippen molar-refractivity contribution < 1.29 is 4.74 Å². The van der Waals surface area contributed by atoms with Crippen LogP contribution in [0.3, 0.4) is 0 Å². The highest BCUT2D eigenvalue weighted by atomic mass is 32.2. The number of hydrogen-bond donors (Lipinski definition) is 2. The summed E-state index contributed by atoms with van der Waals surface area (Å²) in [6.45, 7) is 5.23. The van der Waals surface area contributed by atoms with Crippen LogP contribution in [0.25, 0.3) is 28.0 Å². The molecule has 1 atom stereocenters. The minimum atomic E-state index is 0.271. The van der Waals surface area contributed by atoms with Crippen molar-refractivity contribution in [2.45, 2.75) is 24.4 Å². The maximum Gasteiger partial charge on any atom is 0.160 e. The average molecular weight is 419 g/mol. The Balaban J connectivity index is 1.68. The van der Waals surface area contributed by atoms with Crippen molar-refractivity contribution >= 4 is 28.8 Å². The molecule has 2 aliphatic rings. The third-order valence-electron chi connectivity index (χ3n) is 5.87. The van der Waals surface area contributed by atoms with Crippen LogP contribution in [-0.4, -0.2) is 45.5 Å². The minimum absolute atomic E-state index is 0.271. The summed E-state index contributed by atoms with van der Waals surface area (Å²) in [5.41, 5.74) is 4.68. The summed E-state index contributed by atoms with van der Waals surface area (Å²) in [5.74, 6) is 1.88. The van der Waals surface area contributed by atoms with E-state index >= 15 is 0 Å². The molecule has 0 unspecified atom stereocenters. The number of aromatic amines is 1. The average Bonchev–Trinajstić information content (AvgIpc) is 3.40. The third-order valence-corrected chi connectivity index (χ3v) is 6.74. The molecular formula is C22H22N6OS. The highest BCUT2D eigenvalue weighted by Gasteiger charge is 2.29. The lowest BCUT2D eigenvalue weighted by Crippen LogP contribution is -2.44. The molecule has 0 spiro atoms. The van der Waals surface area contributed by atoms with E-state index in [0.717, 1.165) is 42.4 Å². The van der Waals surface area contributed by atoms with Crippen LogP contribution in [0.5, 0.6) is 0 Å². The van der Waals surface area contributed by atoms with Crippen LogP contribution in [0.2, 0.25) is 0 Å². The molecule has 6 rings (SSSR count). The van der Waals surface area contributed by atoms with E-state index in [0.29, 0.717) is 6.61 Å². The molecular weight excluding hydrogens is 396 g/mol. The van der Waals surface area contributed by atoms with E-state index in [2.05, 4.69) is 67.8 Å². The van der Waals surface area contributed by atoms with Gasteiger partial charge in [-0.3, -0.25) is 14.4 Å². The zero-order valence-electron chi connectivity index (χ0n) is 16.6. The molecule has 7 nitrogen and oxygen atoms in total. The number of H-pyrrole nitrogens is 1. The van der Waals surface area contributed by atoms with E-state index in [-0.39, 0.29) is 6.04 Å². The van der Waals surface area contributed by atoms with Crippen molar-refractivity contribution in [3.63, 3.8) is 0 Å². The summed E-state index contributed by atoms with van der Waals surface area (Å²) in [4.78, 5) is 8.85. The number of aromatic nitrogens is 4. The Morgan fingerprint density at radius 1 is 1.20 bits per heavy atom. The fourth-order valence-corrected chi connectivity index (χ4v) is 5.25. The van der Waals surface area contributed by atoms with Crippen LogP contribution < -0.4 is 9.62 Å². The van der Waals surface area contributed by atoms with Gasteiger partial charge in [-0.1, -0.05) is 18.2 Å². The lowest BCUT2D eigenvalue weighted by Gasteiger charge is -2.36. The second kappa shape index (κ2) is 7.16. The van der Waals surface area contributed by atoms with Gasteiger partial charge in [0.05, 0.1) is 19.3 Å². The summed E-state index contributed by atoms with van der Waals surface area (Å²) in [6, 6.07) is 13.0. The van der Waals surface area contributed by atoms with Gasteiger partial charge in [-0.2, -0.15) is 5.10 Å². The standard InChI is InChI=1S/C22H22N6OS/c1-14-13-29-11-10-27(14)22-17-12-24-30-18-5-3-2-4-15(18)20(17)16-7-9-28(21(16)25-22)19-6-8-23-26-19/h2-9,14,24H,10-13H2,1H3,(H,23,26)/t14-/m1/s1. The van der Waals surface area contributed by atoms with E-state index in [9.17, 15) is 0 Å². The van der Waals surface area contributed by atoms with Crippen molar-refractivity contribution in [1.82, 2.24) is 24.5 Å². The number of morpholine rings is 1. The first-order valence-electron chi connectivity index (χ1n) is 10.2. The molecule has 0 bridgehead atoms. The van der Waals surface area contributed by atoms with E-state index in [1.807, 2.05) is 12.3 Å². The second-order valence-electron chi connectivity index (χ2n) is 7.68. The molecule has 0 aliphatic carbocycles. The number of fused-ring (bicyclic) bond motifs is 5. The van der Waals surface area contributed by atoms with Gasteiger partial charge in [0, 0.05) is 53.0 Å². The molecule has 2 N–H and O–H groups in total. The maximum atomic E-state index is 5.71. The fourth-order valence-electron chi connectivity index (χ4n) is 4.45. The molecule has 30 heavy (non-hydrogen) atoms. The lowest BCUT2D eigenvalue weighted by molar-refractivity contribution is 0.0985. The highest BCUT2D eigenvalue weighted by molar-refractivity contribution is 7.97. The van der Waals surface area contributed by atoms with Gasteiger partial charge >= 0.3 is 0 Å². The summed E-state index contributed by atoms with van der Waals surface area (Å²) in [5, 5.41) is 8.45. The SMILES string of the molecule is C[C@@H]1COCCN1c1nc2c(ccn2-c2cc[nH]n2)c2c1CNSc1ccccc1-2. The van der Waals surface area contributed by atoms with E-state index in [1.165, 1.54) is 21.6 Å². The Kier molecular flexibility index (Phi) is 4.29. The summed E-state index contributed by atoms with van der Waals surface area (Å²) in [7, 11) is 0. The van der Waals surface area contributed by atoms with Crippen molar-refractivity contribution in [3.05, 3.63) is 54.4 Å². The number of hydrogen-bond acceptors (Lipinski definition) is 6. The number of pyridine rings is 1. The largest absolute Gasteiger partial charge is 0.377 e. The number of nitrogens with zero attached hydrogens (tertiary/aromatic N) is 4. The third kappa shape index (κ3) is 2.75. The Bertz CT molecular complexity index is 1220. The minimum Gasteiger partial charge on any atom is -0.377 e. The first-order chi connectivity index (χ1) is 14.8. The molecule has 4 aromatic rings. The highest BCUT2D eigenvalue weighted by Crippen LogP contribution is 2.43. The van der Waals surface area contributed by atoms with Crippen molar-refractivity contribution in [2.75, 3.05) is 24.7 Å². The molecule has 0 amide bonds. The Labute approximate surface area is 178 Å². The van der Waals surface area contributed by atoms with Gasteiger partial charge in [0.2, 0.25) is 0 Å². The molecule has 1 aromatic carbocycles. The molecule has 0 radical (unpaired) electrons. The van der Waals surface area contributed by atoms with Gasteiger partial charge < -0.3 is 9.64 Å². The zero-order valence-corrected chi connectivity index (χ0v) is 17.4. The van der Waals surface area contributed by atoms with Crippen LogP contribution in [-0.2, 0) is 11.3 Å². The van der Waals surface area contributed by atoms with Gasteiger partial charge in [0.1, 0.15) is 11.5 Å². The summed E-state index contributed by atoms with van der Waals surface area (Å²) in [6.07, 6.45) is 3.90. The molecule has 1 fully saturated rings. The number of benzene rings is 1. The molecule has 152 valence electrons. The van der Waals surface area contributed by atoms with Gasteiger partial charge in [-0.25, -0.2) is 4.98 Å². The van der Waals surface area contributed by atoms with Crippen LogP contribution in [0.15, 0.2) is 53.7 Å². The first kappa shape index (κ1) is 18.0. The quantitative estimate of drug-likeness (QED) is 0.483. The molecule has 5 heterocycles. The molecule has 8 heteroatoms. The smallest absolute Gasteiger partial charge is 0.160 e. The first-order valence-corrected chi connectivity index (χ1v) is 11.0. The van der Waals surface area contributed by atoms with E-state index in [4.69, 9.17) is 9.72 Å². The van der Waals surface area contributed by atoms with Crippen molar-refractivity contribution in [1.29, 1.82) is 0 Å². The Morgan fingerprint density at radius 2 is 2.13 bits per heavy atom. The number of nitrogens with one attached hydrogen (secondary N) is 2. The lowest BCUT2D eigenvalue weighted by atomic mass is 9.96. The summed E-state index contributed by atoms with van der Waals surface area (Å²) >= 11 is 1.69. The molecule has 1 saturated heterocycles. The van der Waals surface area contributed by atoms with Crippen LogP contribution in [0.1, 0.15) is 12.5 Å². The zero-order chi connectivity index (χ0) is 20.1. The fraction of sp³-hybridized carbons (Fsp3) is 0.273. The van der Waals surface area contributed by atoms with Crippen LogP contribution in [0.4, 0.5) is 5.82 Å². The number of rotatable bonds is 2. The van der Waals surface area contributed by atoms with E-state index in [1.54, 1.807) is 11.9 Å². The summed E-state index contributed by atoms with van der Waals surface area (Å²) < 4.78 is 11.3. The Hall–Kier alpha value is -2.81. The van der Waals surface area contributed by atoms with Gasteiger partial charge in [-0.15, -0.1) is 0 Å². The molecule has 2 aliphatic heterocycles. The van der Waals surface area contributed by atoms with Gasteiger partial charge in [0.15, 0.2) is 5.82 Å². The van der Waals surface area contributed by atoms with Gasteiger partial charge in [0.25, 0.3) is 0 Å².